The molecule has 1 unspecified atom stereocenters. The van der Waals surface area contributed by atoms with Crippen molar-refractivity contribution in [1.29, 1.82) is 0 Å². The first-order valence-corrected chi connectivity index (χ1v) is 10.7. The van der Waals surface area contributed by atoms with Gasteiger partial charge in [0.15, 0.2) is 0 Å². The summed E-state index contributed by atoms with van der Waals surface area (Å²) in [6, 6.07) is 3.60. The topological polar surface area (TPSA) is 81.8 Å². The summed E-state index contributed by atoms with van der Waals surface area (Å²) in [6.07, 6.45) is 6.74. The summed E-state index contributed by atoms with van der Waals surface area (Å²) in [5, 5.41) is 8.36. The highest BCUT2D eigenvalue weighted by Crippen LogP contribution is 2.18. The normalized spacial score (nSPS) is 16.8. The lowest BCUT2D eigenvalue weighted by molar-refractivity contribution is 0.0929. The van der Waals surface area contributed by atoms with Gasteiger partial charge in [-0.25, -0.2) is 14.5 Å². The van der Waals surface area contributed by atoms with Crippen LogP contribution < -0.4 is 11.0 Å². The quantitative estimate of drug-likeness (QED) is 0.767. The summed E-state index contributed by atoms with van der Waals surface area (Å²) < 4.78 is 3.36. The van der Waals surface area contributed by atoms with Crippen LogP contribution in [0.5, 0.6) is 0 Å². The zero-order chi connectivity index (χ0) is 19.4. The largest absolute Gasteiger partial charge is 0.349 e. The molecule has 1 aliphatic heterocycles. The first-order chi connectivity index (χ1) is 13.0. The Morgan fingerprint density at radius 1 is 1.41 bits per heavy atom. The van der Waals surface area contributed by atoms with Gasteiger partial charge < -0.3 is 5.32 Å². The van der Waals surface area contributed by atoms with E-state index in [0.29, 0.717) is 31.0 Å². The lowest BCUT2D eigenvalue weighted by atomic mass is 10.1. The van der Waals surface area contributed by atoms with Crippen LogP contribution in [0.25, 0.3) is 0 Å². The molecule has 0 aliphatic carbocycles. The Morgan fingerprint density at radius 3 is 2.96 bits per heavy atom. The van der Waals surface area contributed by atoms with Crippen LogP contribution in [0.2, 0.25) is 0 Å². The number of thioether (sulfide) groups is 1. The van der Waals surface area contributed by atoms with E-state index in [1.807, 2.05) is 6.26 Å². The summed E-state index contributed by atoms with van der Waals surface area (Å²) in [5.41, 5.74) is 0.567. The van der Waals surface area contributed by atoms with Crippen molar-refractivity contribution in [3.05, 3.63) is 40.2 Å². The van der Waals surface area contributed by atoms with Gasteiger partial charge in [-0.3, -0.25) is 9.36 Å². The maximum absolute atomic E-state index is 12.6. The number of amides is 1. The SMILES string of the molecule is CSc1ncccc1C(=O)NC1CCc2nn(CCC(C)C)c(=O)n2CC1. The molecular weight excluding hydrogens is 362 g/mol. The second-order valence-corrected chi connectivity index (χ2v) is 8.11. The molecule has 0 radical (unpaired) electrons. The molecule has 0 aromatic carbocycles. The summed E-state index contributed by atoms with van der Waals surface area (Å²) in [4.78, 5) is 29.5. The van der Waals surface area contributed by atoms with E-state index in [0.717, 1.165) is 30.1 Å². The van der Waals surface area contributed by atoms with E-state index in [4.69, 9.17) is 0 Å². The van der Waals surface area contributed by atoms with E-state index in [1.165, 1.54) is 11.8 Å². The smallest absolute Gasteiger partial charge is 0.345 e. The third-order valence-electron chi connectivity index (χ3n) is 4.88. The highest BCUT2D eigenvalue weighted by atomic mass is 32.2. The van der Waals surface area contributed by atoms with Gasteiger partial charge in [0, 0.05) is 31.7 Å². The number of fused-ring (bicyclic) bond motifs is 1. The average molecular weight is 390 g/mol. The third kappa shape index (κ3) is 4.61. The van der Waals surface area contributed by atoms with Crippen molar-refractivity contribution in [3.63, 3.8) is 0 Å². The number of rotatable bonds is 6. The van der Waals surface area contributed by atoms with Gasteiger partial charge in [-0.15, -0.1) is 11.8 Å². The van der Waals surface area contributed by atoms with E-state index in [-0.39, 0.29) is 17.6 Å². The molecule has 0 fully saturated rings. The van der Waals surface area contributed by atoms with Crippen LogP contribution in [0.3, 0.4) is 0 Å². The number of hydrogen-bond donors (Lipinski definition) is 1. The summed E-state index contributed by atoms with van der Waals surface area (Å²) in [7, 11) is 0. The molecule has 2 aromatic heterocycles. The molecular formula is C19H27N5O2S. The van der Waals surface area contributed by atoms with Gasteiger partial charge in [0.25, 0.3) is 5.91 Å². The van der Waals surface area contributed by atoms with E-state index < -0.39 is 0 Å². The molecule has 7 nitrogen and oxygen atoms in total. The predicted molar refractivity (Wildman–Crippen MR) is 106 cm³/mol. The summed E-state index contributed by atoms with van der Waals surface area (Å²) in [5.74, 6) is 1.26. The molecule has 0 saturated heterocycles. The summed E-state index contributed by atoms with van der Waals surface area (Å²) >= 11 is 1.46. The van der Waals surface area contributed by atoms with Crippen molar-refractivity contribution in [2.24, 2.45) is 5.92 Å². The highest BCUT2D eigenvalue weighted by Gasteiger charge is 2.23. The number of carbonyl (C=O) groups excluding carboxylic acids is 1. The van der Waals surface area contributed by atoms with Gasteiger partial charge in [-0.2, -0.15) is 5.10 Å². The van der Waals surface area contributed by atoms with Crippen LogP contribution in [0.4, 0.5) is 0 Å². The first kappa shape index (κ1) is 19.7. The molecule has 0 bridgehead atoms. The molecule has 0 saturated carbocycles. The Bertz CT molecular complexity index is 858. The molecule has 0 spiro atoms. The predicted octanol–water partition coefficient (Wildman–Crippen LogP) is 2.34. The number of hydrogen-bond acceptors (Lipinski definition) is 5. The van der Waals surface area contributed by atoms with Crippen molar-refractivity contribution >= 4 is 17.7 Å². The van der Waals surface area contributed by atoms with Crippen LogP contribution in [-0.2, 0) is 19.5 Å². The Balaban J connectivity index is 1.65. The molecule has 3 rings (SSSR count). The Morgan fingerprint density at radius 2 is 2.22 bits per heavy atom. The number of pyridine rings is 1. The van der Waals surface area contributed by atoms with Gasteiger partial charge in [0.2, 0.25) is 0 Å². The second kappa shape index (κ2) is 8.73. The average Bonchev–Trinajstić information content (AvgIpc) is 2.83. The maximum Gasteiger partial charge on any atom is 0.345 e. The van der Waals surface area contributed by atoms with Crippen LogP contribution in [0.15, 0.2) is 28.2 Å². The Labute approximate surface area is 163 Å². The molecule has 3 heterocycles. The molecule has 1 amide bonds. The van der Waals surface area contributed by atoms with Crippen LogP contribution in [0, 0.1) is 5.92 Å². The summed E-state index contributed by atoms with van der Waals surface area (Å²) in [6.45, 7) is 5.53. The number of nitrogens with one attached hydrogen (secondary N) is 1. The van der Waals surface area contributed by atoms with Crippen molar-refractivity contribution in [2.75, 3.05) is 6.26 Å². The highest BCUT2D eigenvalue weighted by molar-refractivity contribution is 7.98. The van der Waals surface area contributed by atoms with Crippen LogP contribution in [0.1, 0.15) is 49.3 Å². The lowest BCUT2D eigenvalue weighted by Gasteiger charge is -2.16. The van der Waals surface area contributed by atoms with Gasteiger partial charge >= 0.3 is 5.69 Å². The molecule has 27 heavy (non-hydrogen) atoms. The number of aromatic nitrogens is 4. The molecule has 1 N–H and O–H groups in total. The number of carbonyl (C=O) groups is 1. The van der Waals surface area contributed by atoms with E-state index in [2.05, 4.69) is 29.2 Å². The fourth-order valence-corrected chi connectivity index (χ4v) is 3.83. The van der Waals surface area contributed by atoms with Crippen molar-refractivity contribution in [1.82, 2.24) is 24.6 Å². The van der Waals surface area contributed by atoms with Gasteiger partial charge in [-0.1, -0.05) is 13.8 Å². The van der Waals surface area contributed by atoms with Crippen molar-refractivity contribution in [2.45, 2.75) is 63.7 Å². The minimum absolute atomic E-state index is 0.0256. The van der Waals surface area contributed by atoms with Crippen molar-refractivity contribution in [3.8, 4) is 0 Å². The molecule has 2 aromatic rings. The maximum atomic E-state index is 12.6. The monoisotopic (exact) mass is 389 g/mol. The number of nitrogens with zero attached hydrogens (tertiary/aromatic N) is 4. The molecule has 146 valence electrons. The zero-order valence-corrected chi connectivity index (χ0v) is 17.0. The molecule has 1 aliphatic rings. The fraction of sp³-hybridized carbons (Fsp3) is 0.579. The zero-order valence-electron chi connectivity index (χ0n) is 16.1. The van der Waals surface area contributed by atoms with E-state index >= 15 is 0 Å². The minimum Gasteiger partial charge on any atom is -0.349 e. The van der Waals surface area contributed by atoms with Crippen molar-refractivity contribution < 1.29 is 4.79 Å². The first-order valence-electron chi connectivity index (χ1n) is 9.46. The lowest BCUT2D eigenvalue weighted by Crippen LogP contribution is -2.36. The number of aryl methyl sites for hydroxylation is 2. The van der Waals surface area contributed by atoms with Gasteiger partial charge in [0.05, 0.1) is 5.56 Å². The van der Waals surface area contributed by atoms with Crippen LogP contribution >= 0.6 is 11.8 Å². The molecule has 1 atom stereocenters. The standard InChI is InChI=1S/C19H27N5O2S/c1-13(2)8-12-24-19(26)23-11-9-14(6-7-16(23)22-24)21-17(25)15-5-4-10-20-18(15)27-3/h4-5,10,13-14H,6-9,11-12H2,1-3H3,(H,21,25). The second-order valence-electron chi connectivity index (χ2n) is 7.31. The van der Waals surface area contributed by atoms with Gasteiger partial charge in [0.1, 0.15) is 10.9 Å². The van der Waals surface area contributed by atoms with E-state index in [1.54, 1.807) is 27.6 Å². The Hall–Kier alpha value is -2.09. The van der Waals surface area contributed by atoms with Gasteiger partial charge in [-0.05, 0) is 43.6 Å². The van der Waals surface area contributed by atoms with Crippen LogP contribution in [-0.4, -0.2) is 37.5 Å². The fourth-order valence-electron chi connectivity index (χ4n) is 3.29. The Kier molecular flexibility index (Phi) is 6.36. The van der Waals surface area contributed by atoms with E-state index in [9.17, 15) is 9.59 Å². The molecule has 8 heteroatoms. The minimum atomic E-state index is -0.105. The third-order valence-corrected chi connectivity index (χ3v) is 5.59.